The van der Waals surface area contributed by atoms with Crippen LogP contribution in [0.5, 0.6) is 0 Å². The second-order valence-corrected chi connectivity index (χ2v) is 8.98. The van der Waals surface area contributed by atoms with Gasteiger partial charge in [-0.1, -0.05) is 18.2 Å². The van der Waals surface area contributed by atoms with Crippen molar-refractivity contribution >= 4 is 21.6 Å². The molecule has 0 spiro atoms. The largest absolute Gasteiger partial charge is 0.371 e. The number of anilines is 1. The number of hydrogen-bond acceptors (Lipinski definition) is 4. The Morgan fingerprint density at radius 2 is 1.79 bits per heavy atom. The lowest BCUT2D eigenvalue weighted by molar-refractivity contribution is 0.0950. The Kier molecular flexibility index (Phi) is 6.05. The summed E-state index contributed by atoms with van der Waals surface area (Å²) in [5, 5.41) is 2.94. The summed E-state index contributed by atoms with van der Waals surface area (Å²) in [6.07, 6.45) is 2.37. The summed E-state index contributed by atoms with van der Waals surface area (Å²) >= 11 is 0. The van der Waals surface area contributed by atoms with Crippen LogP contribution in [0.3, 0.4) is 0 Å². The second-order valence-electron chi connectivity index (χ2n) is 7.13. The summed E-state index contributed by atoms with van der Waals surface area (Å²) in [6.45, 7) is 6.02. The number of benzene rings is 2. The second kappa shape index (κ2) is 8.32. The van der Waals surface area contributed by atoms with Gasteiger partial charge in [0, 0.05) is 30.9 Å². The highest BCUT2D eigenvalue weighted by Gasteiger charge is 2.20. The minimum absolute atomic E-state index is 0.137. The van der Waals surface area contributed by atoms with E-state index in [4.69, 9.17) is 0 Å². The van der Waals surface area contributed by atoms with Crippen LogP contribution >= 0.6 is 0 Å². The molecule has 0 saturated carbocycles. The maximum atomic E-state index is 12.7. The van der Waals surface area contributed by atoms with Crippen molar-refractivity contribution in [1.29, 1.82) is 0 Å². The fourth-order valence-corrected chi connectivity index (χ4v) is 4.62. The molecule has 0 atom stereocenters. The predicted molar refractivity (Wildman–Crippen MR) is 111 cm³/mol. The van der Waals surface area contributed by atoms with Gasteiger partial charge < -0.3 is 10.2 Å². The zero-order chi connectivity index (χ0) is 20.3. The molecule has 7 heteroatoms. The maximum Gasteiger partial charge on any atom is 0.251 e. The number of hydrogen-bond donors (Lipinski definition) is 2. The van der Waals surface area contributed by atoms with Crippen LogP contribution in [0.1, 0.15) is 39.9 Å². The first-order valence-electron chi connectivity index (χ1n) is 9.49. The Hall–Kier alpha value is -2.38. The van der Waals surface area contributed by atoms with Gasteiger partial charge in [0.1, 0.15) is 0 Å². The van der Waals surface area contributed by atoms with Gasteiger partial charge in [-0.25, -0.2) is 13.1 Å². The van der Waals surface area contributed by atoms with Crippen molar-refractivity contribution in [3.63, 3.8) is 0 Å². The van der Waals surface area contributed by atoms with Crippen LogP contribution in [-0.2, 0) is 16.6 Å². The molecule has 2 aromatic carbocycles. The number of nitrogens with zero attached hydrogens (tertiary/aromatic N) is 1. The van der Waals surface area contributed by atoms with E-state index >= 15 is 0 Å². The molecule has 1 aliphatic rings. The van der Waals surface area contributed by atoms with E-state index in [1.165, 1.54) is 26.0 Å². The van der Waals surface area contributed by atoms with Crippen LogP contribution in [0.2, 0.25) is 0 Å². The van der Waals surface area contributed by atoms with Crippen molar-refractivity contribution in [3.8, 4) is 0 Å². The monoisotopic (exact) mass is 401 g/mol. The van der Waals surface area contributed by atoms with E-state index in [-0.39, 0.29) is 10.8 Å². The highest BCUT2D eigenvalue weighted by Crippen LogP contribution is 2.25. The van der Waals surface area contributed by atoms with Crippen LogP contribution < -0.4 is 14.9 Å². The van der Waals surface area contributed by atoms with Crippen molar-refractivity contribution < 1.29 is 13.2 Å². The van der Waals surface area contributed by atoms with Gasteiger partial charge >= 0.3 is 0 Å². The van der Waals surface area contributed by atoms with Crippen LogP contribution in [0.4, 0.5) is 5.69 Å². The van der Waals surface area contributed by atoms with Gasteiger partial charge in [-0.3, -0.25) is 4.79 Å². The lowest BCUT2D eigenvalue weighted by Crippen LogP contribution is -2.26. The third kappa shape index (κ3) is 4.20. The molecule has 2 N–H and O–H groups in total. The van der Waals surface area contributed by atoms with E-state index in [1.807, 2.05) is 25.1 Å². The first-order valence-corrected chi connectivity index (χ1v) is 11.0. The molecule has 0 aromatic heterocycles. The summed E-state index contributed by atoms with van der Waals surface area (Å²) in [5.74, 6) is -0.285. The van der Waals surface area contributed by atoms with Gasteiger partial charge in [-0.15, -0.1) is 0 Å². The van der Waals surface area contributed by atoms with Gasteiger partial charge in [-0.2, -0.15) is 0 Å². The smallest absolute Gasteiger partial charge is 0.251 e. The minimum Gasteiger partial charge on any atom is -0.371 e. The Morgan fingerprint density at radius 1 is 1.11 bits per heavy atom. The molecule has 1 fully saturated rings. The predicted octanol–water partition coefficient (Wildman–Crippen LogP) is 2.74. The maximum absolute atomic E-state index is 12.7. The number of para-hydroxylation sites is 1. The van der Waals surface area contributed by atoms with E-state index in [1.54, 1.807) is 13.0 Å². The average molecular weight is 402 g/mol. The Bertz CT molecular complexity index is 980. The third-order valence-corrected chi connectivity index (χ3v) is 6.86. The quantitative estimate of drug-likeness (QED) is 0.780. The van der Waals surface area contributed by atoms with Crippen LogP contribution in [-0.4, -0.2) is 34.5 Å². The fourth-order valence-electron chi connectivity index (χ4n) is 3.55. The van der Waals surface area contributed by atoms with Gasteiger partial charge in [-0.05, 0) is 68.6 Å². The zero-order valence-corrected chi connectivity index (χ0v) is 17.4. The van der Waals surface area contributed by atoms with Gasteiger partial charge in [0.05, 0.1) is 4.90 Å². The molecular weight excluding hydrogens is 374 g/mol. The first-order chi connectivity index (χ1) is 13.3. The van der Waals surface area contributed by atoms with Crippen LogP contribution in [0, 0.1) is 13.8 Å². The molecule has 150 valence electrons. The molecule has 1 heterocycles. The SMILES string of the molecule is CNS(=O)(=O)c1cc(C(=O)NCc2ccccc2N2CCCC2)cc(C)c1C. The minimum atomic E-state index is -3.63. The number of amides is 1. The highest BCUT2D eigenvalue weighted by molar-refractivity contribution is 7.89. The molecule has 0 unspecified atom stereocenters. The normalized spacial score (nSPS) is 14.3. The number of carbonyl (C=O) groups is 1. The topological polar surface area (TPSA) is 78.5 Å². The van der Waals surface area contributed by atoms with Crippen molar-refractivity contribution in [2.75, 3.05) is 25.0 Å². The van der Waals surface area contributed by atoms with E-state index in [9.17, 15) is 13.2 Å². The number of sulfonamides is 1. The summed E-state index contributed by atoms with van der Waals surface area (Å²) in [6, 6.07) is 11.2. The number of aryl methyl sites for hydroxylation is 1. The molecule has 2 aromatic rings. The lowest BCUT2D eigenvalue weighted by atomic mass is 10.1. The summed E-state index contributed by atoms with van der Waals surface area (Å²) in [5.41, 5.74) is 3.96. The van der Waals surface area contributed by atoms with E-state index in [2.05, 4.69) is 21.0 Å². The van der Waals surface area contributed by atoms with Gasteiger partial charge in [0.15, 0.2) is 0 Å². The van der Waals surface area contributed by atoms with E-state index in [0.29, 0.717) is 17.7 Å². The molecule has 6 nitrogen and oxygen atoms in total. The highest BCUT2D eigenvalue weighted by atomic mass is 32.2. The van der Waals surface area contributed by atoms with Crippen LogP contribution in [0.15, 0.2) is 41.3 Å². The van der Waals surface area contributed by atoms with Crippen molar-refractivity contribution in [1.82, 2.24) is 10.0 Å². The number of rotatable bonds is 6. The first kappa shape index (κ1) is 20.4. The van der Waals surface area contributed by atoms with Crippen molar-refractivity contribution in [3.05, 3.63) is 58.7 Å². The molecule has 0 aliphatic carbocycles. The Balaban J connectivity index is 1.81. The number of nitrogens with one attached hydrogen (secondary N) is 2. The molecule has 3 rings (SSSR count). The molecule has 1 aliphatic heterocycles. The van der Waals surface area contributed by atoms with Crippen molar-refractivity contribution in [2.24, 2.45) is 0 Å². The molecule has 1 amide bonds. The summed E-state index contributed by atoms with van der Waals surface area (Å²) in [7, 11) is -2.26. The summed E-state index contributed by atoms with van der Waals surface area (Å²) < 4.78 is 26.9. The molecule has 0 radical (unpaired) electrons. The molecule has 0 bridgehead atoms. The van der Waals surface area contributed by atoms with E-state index in [0.717, 1.165) is 29.9 Å². The molecular formula is C21H27N3O3S. The van der Waals surface area contributed by atoms with Crippen LogP contribution in [0.25, 0.3) is 0 Å². The fraction of sp³-hybridized carbons (Fsp3) is 0.381. The number of carbonyl (C=O) groups excluding carboxylic acids is 1. The van der Waals surface area contributed by atoms with Crippen molar-refractivity contribution in [2.45, 2.75) is 38.1 Å². The Morgan fingerprint density at radius 3 is 2.46 bits per heavy atom. The zero-order valence-electron chi connectivity index (χ0n) is 16.6. The van der Waals surface area contributed by atoms with Gasteiger partial charge in [0.25, 0.3) is 5.91 Å². The van der Waals surface area contributed by atoms with E-state index < -0.39 is 10.0 Å². The van der Waals surface area contributed by atoms with Gasteiger partial charge in [0.2, 0.25) is 10.0 Å². The molecule has 1 saturated heterocycles. The average Bonchev–Trinajstić information content (AvgIpc) is 3.22. The lowest BCUT2D eigenvalue weighted by Gasteiger charge is -2.21. The standard InChI is InChI=1S/C21H27N3O3S/c1-15-12-18(13-20(16(15)2)28(26,27)22-3)21(25)23-14-17-8-4-5-9-19(17)24-10-6-7-11-24/h4-5,8-9,12-13,22H,6-7,10-11,14H2,1-3H3,(H,23,25). The summed E-state index contributed by atoms with van der Waals surface area (Å²) in [4.78, 5) is 15.2. The molecule has 28 heavy (non-hydrogen) atoms. The Labute approximate surface area is 167 Å². The third-order valence-electron chi connectivity index (χ3n) is 5.32.